The maximum absolute atomic E-state index is 11.1. The summed E-state index contributed by atoms with van der Waals surface area (Å²) < 4.78 is 0. The summed E-state index contributed by atoms with van der Waals surface area (Å²) in [6.45, 7) is 2.24. The highest BCUT2D eigenvalue weighted by molar-refractivity contribution is 6.26. The maximum Gasteiger partial charge on any atom is 0.156 e. The van der Waals surface area contributed by atoms with Gasteiger partial charge in [0, 0.05) is 12.0 Å². The van der Waals surface area contributed by atoms with Crippen molar-refractivity contribution in [1.29, 1.82) is 0 Å². The largest absolute Gasteiger partial charge is 0.295 e. The van der Waals surface area contributed by atoms with Crippen molar-refractivity contribution < 1.29 is 4.79 Å². The Morgan fingerprint density at radius 3 is 1.94 bits per heavy atom. The number of ketones is 1. The first-order valence-electron chi connectivity index (χ1n) is 6.61. The third-order valence-electron chi connectivity index (χ3n) is 2.78. The second-order valence-electron chi connectivity index (χ2n) is 4.34. The molecule has 0 rings (SSSR count). The van der Waals surface area contributed by atoms with Crippen LogP contribution in [0.5, 0.6) is 0 Å². The molecular weight excluding hydrogens is 220 g/mol. The Morgan fingerprint density at radius 1 is 0.938 bits per heavy atom. The molecule has 0 saturated carbocycles. The van der Waals surface area contributed by atoms with Crippen molar-refractivity contribution in [3.8, 4) is 0 Å². The lowest BCUT2D eigenvalue weighted by Crippen LogP contribution is -1.91. The van der Waals surface area contributed by atoms with Gasteiger partial charge in [-0.1, -0.05) is 69.9 Å². The van der Waals surface area contributed by atoms with Crippen molar-refractivity contribution in [3.63, 3.8) is 0 Å². The minimum absolute atomic E-state index is 0.151. The van der Waals surface area contributed by atoms with Gasteiger partial charge in [0.25, 0.3) is 0 Å². The van der Waals surface area contributed by atoms with E-state index in [1.54, 1.807) is 0 Å². The molecule has 2 heteroatoms. The second-order valence-corrected chi connectivity index (χ2v) is 4.59. The van der Waals surface area contributed by atoms with Gasteiger partial charge in [-0.15, -0.1) is 0 Å². The predicted molar refractivity (Wildman–Crippen MR) is 71.8 cm³/mol. The highest BCUT2D eigenvalue weighted by atomic mass is 35.5. The van der Waals surface area contributed by atoms with Gasteiger partial charge in [-0.25, -0.2) is 0 Å². The number of halogens is 1. The van der Waals surface area contributed by atoms with E-state index in [-0.39, 0.29) is 5.78 Å². The Bertz CT molecular complexity index is 187. The summed E-state index contributed by atoms with van der Waals surface area (Å²) in [6, 6.07) is 0. The van der Waals surface area contributed by atoms with Crippen LogP contribution in [-0.4, -0.2) is 5.78 Å². The third-order valence-corrected chi connectivity index (χ3v) is 2.90. The monoisotopic (exact) mass is 244 g/mol. The Hall–Kier alpha value is -0.300. The summed E-state index contributed by atoms with van der Waals surface area (Å²) in [4.78, 5) is 11.1. The molecule has 0 amide bonds. The minimum atomic E-state index is 0.151. The zero-order valence-corrected chi connectivity index (χ0v) is 11.3. The van der Waals surface area contributed by atoms with Crippen molar-refractivity contribution in [2.75, 3.05) is 0 Å². The zero-order valence-electron chi connectivity index (χ0n) is 10.5. The molecule has 0 unspecified atom stereocenters. The summed E-state index contributed by atoms with van der Waals surface area (Å²) in [5.74, 6) is 0.151. The van der Waals surface area contributed by atoms with Crippen LogP contribution in [0.3, 0.4) is 0 Å². The van der Waals surface area contributed by atoms with Crippen LogP contribution in [-0.2, 0) is 4.79 Å². The first kappa shape index (κ1) is 15.7. The van der Waals surface area contributed by atoms with Gasteiger partial charge in [0.2, 0.25) is 0 Å². The number of carbonyl (C=O) groups is 1. The number of hydrogen-bond acceptors (Lipinski definition) is 1. The van der Waals surface area contributed by atoms with E-state index in [2.05, 4.69) is 6.92 Å². The van der Waals surface area contributed by atoms with Crippen LogP contribution in [0.25, 0.3) is 0 Å². The van der Waals surface area contributed by atoms with Crippen molar-refractivity contribution in [2.45, 2.75) is 71.1 Å². The molecule has 0 aliphatic rings. The smallest absolute Gasteiger partial charge is 0.156 e. The lowest BCUT2D eigenvalue weighted by atomic mass is 10.1. The van der Waals surface area contributed by atoms with Gasteiger partial charge < -0.3 is 0 Å². The fourth-order valence-electron chi connectivity index (χ4n) is 1.76. The summed E-state index contributed by atoms with van der Waals surface area (Å²) >= 11 is 5.32. The molecule has 0 N–H and O–H groups in total. The van der Waals surface area contributed by atoms with Gasteiger partial charge >= 0.3 is 0 Å². The van der Waals surface area contributed by atoms with Crippen molar-refractivity contribution >= 4 is 17.4 Å². The topological polar surface area (TPSA) is 17.1 Å². The van der Waals surface area contributed by atoms with E-state index in [0.29, 0.717) is 6.42 Å². The Morgan fingerprint density at radius 2 is 1.44 bits per heavy atom. The van der Waals surface area contributed by atoms with Crippen LogP contribution in [0.1, 0.15) is 71.1 Å². The van der Waals surface area contributed by atoms with E-state index in [1.165, 1.54) is 63.0 Å². The van der Waals surface area contributed by atoms with Gasteiger partial charge in [-0.05, 0) is 12.5 Å². The van der Waals surface area contributed by atoms with E-state index >= 15 is 0 Å². The highest BCUT2D eigenvalue weighted by Crippen LogP contribution is 2.10. The average molecular weight is 245 g/mol. The number of unbranched alkanes of at least 4 members (excludes halogenated alkanes) is 8. The molecule has 0 atom stereocenters. The maximum atomic E-state index is 11.1. The lowest BCUT2D eigenvalue weighted by molar-refractivity contribution is -0.114. The normalized spacial score (nSPS) is 11.1. The van der Waals surface area contributed by atoms with E-state index in [4.69, 9.17) is 11.6 Å². The molecule has 0 saturated heterocycles. The summed E-state index contributed by atoms with van der Waals surface area (Å²) in [5, 5.41) is 0. The molecular formula is C14H25ClO. The number of carbonyl (C=O) groups excluding carboxylic acids is 1. The molecule has 0 aliphatic carbocycles. The molecule has 1 nitrogen and oxygen atoms in total. The van der Waals surface area contributed by atoms with E-state index in [0.717, 1.165) is 6.42 Å². The quantitative estimate of drug-likeness (QED) is 0.359. The number of rotatable bonds is 11. The van der Waals surface area contributed by atoms with Gasteiger partial charge in [0.15, 0.2) is 5.78 Å². The molecule has 94 valence electrons. The fourth-order valence-corrected chi connectivity index (χ4v) is 1.90. The SMILES string of the molecule is CCCCCCCCCCCC(=O)C=CCl. The Kier molecular flexibility index (Phi) is 12.5. The summed E-state index contributed by atoms with van der Waals surface area (Å²) in [5.41, 5.74) is 1.30. The van der Waals surface area contributed by atoms with Crippen LogP contribution >= 0.6 is 11.6 Å². The van der Waals surface area contributed by atoms with Crippen LogP contribution in [0.2, 0.25) is 0 Å². The first-order chi connectivity index (χ1) is 7.81. The van der Waals surface area contributed by atoms with Crippen molar-refractivity contribution in [3.05, 3.63) is 11.6 Å². The van der Waals surface area contributed by atoms with Crippen molar-refractivity contribution in [1.82, 2.24) is 0 Å². The molecule has 16 heavy (non-hydrogen) atoms. The molecule has 0 fully saturated rings. The lowest BCUT2D eigenvalue weighted by Gasteiger charge is -2.00. The second kappa shape index (κ2) is 12.8. The third kappa shape index (κ3) is 11.8. The number of allylic oxidation sites excluding steroid dienone is 1. The summed E-state index contributed by atoms with van der Waals surface area (Å²) in [6.07, 6.45) is 13.7. The molecule has 0 spiro atoms. The van der Waals surface area contributed by atoms with Gasteiger partial charge in [-0.3, -0.25) is 4.79 Å². The first-order valence-corrected chi connectivity index (χ1v) is 7.04. The number of hydrogen-bond donors (Lipinski definition) is 0. The van der Waals surface area contributed by atoms with Crippen LogP contribution in [0, 0.1) is 0 Å². The molecule has 0 radical (unpaired) electrons. The Labute approximate surface area is 105 Å². The van der Waals surface area contributed by atoms with Crippen molar-refractivity contribution in [2.24, 2.45) is 0 Å². The van der Waals surface area contributed by atoms with Crippen LogP contribution in [0.4, 0.5) is 0 Å². The average Bonchev–Trinajstić information content (AvgIpc) is 2.27. The van der Waals surface area contributed by atoms with Gasteiger partial charge in [0.1, 0.15) is 0 Å². The molecule has 0 aromatic rings. The Balaban J connectivity index is 3.07. The van der Waals surface area contributed by atoms with Crippen LogP contribution < -0.4 is 0 Å². The van der Waals surface area contributed by atoms with Gasteiger partial charge in [0.05, 0.1) is 0 Å². The standard InChI is InChI=1S/C14H25ClO/c1-2-3-4-5-6-7-8-9-10-11-14(16)12-13-15/h12-13H,2-11H2,1H3. The fraction of sp³-hybridized carbons (Fsp3) is 0.786. The molecule has 0 aromatic heterocycles. The molecule has 0 aliphatic heterocycles. The van der Waals surface area contributed by atoms with E-state index in [1.807, 2.05) is 0 Å². The molecule has 0 bridgehead atoms. The van der Waals surface area contributed by atoms with Crippen LogP contribution in [0.15, 0.2) is 11.6 Å². The molecule has 0 aromatic carbocycles. The van der Waals surface area contributed by atoms with E-state index < -0.39 is 0 Å². The summed E-state index contributed by atoms with van der Waals surface area (Å²) in [7, 11) is 0. The van der Waals surface area contributed by atoms with Gasteiger partial charge in [-0.2, -0.15) is 0 Å². The molecule has 0 heterocycles. The zero-order chi connectivity index (χ0) is 12.1. The minimum Gasteiger partial charge on any atom is -0.295 e. The highest BCUT2D eigenvalue weighted by Gasteiger charge is 1.96. The van der Waals surface area contributed by atoms with E-state index in [9.17, 15) is 4.79 Å². The predicted octanol–water partition coefficient (Wildman–Crippen LogP) is 5.23.